The van der Waals surface area contributed by atoms with Crippen LogP contribution in [0.5, 0.6) is 0 Å². The highest BCUT2D eigenvalue weighted by Gasteiger charge is 2.30. The van der Waals surface area contributed by atoms with Gasteiger partial charge in [-0.05, 0) is 51.3 Å². The molecule has 1 saturated heterocycles. The van der Waals surface area contributed by atoms with Crippen LogP contribution in [0.3, 0.4) is 0 Å². The molecule has 1 aliphatic heterocycles. The molecular formula is C18H27FN2O2. The zero-order valence-corrected chi connectivity index (χ0v) is 14.4. The van der Waals surface area contributed by atoms with Gasteiger partial charge in [-0.15, -0.1) is 0 Å². The summed E-state index contributed by atoms with van der Waals surface area (Å²) in [4.78, 5) is 13.8. The average Bonchev–Trinajstić information content (AvgIpc) is 2.91. The number of likely N-dealkylation sites (tertiary alicyclic amines) is 1. The Hall–Kier alpha value is -1.62. The first-order chi connectivity index (χ1) is 10.8. The average molecular weight is 322 g/mol. The van der Waals surface area contributed by atoms with Gasteiger partial charge in [0.25, 0.3) is 0 Å². The molecule has 0 spiro atoms. The molecule has 1 aliphatic rings. The van der Waals surface area contributed by atoms with Crippen LogP contribution in [0.25, 0.3) is 0 Å². The molecule has 0 bridgehead atoms. The van der Waals surface area contributed by atoms with Gasteiger partial charge in [-0.2, -0.15) is 0 Å². The van der Waals surface area contributed by atoms with E-state index in [9.17, 15) is 9.18 Å². The van der Waals surface area contributed by atoms with Crippen LogP contribution in [0, 0.1) is 5.82 Å². The van der Waals surface area contributed by atoms with Gasteiger partial charge < -0.3 is 15.0 Å². The number of ether oxygens (including phenoxy) is 1. The number of hydrogen-bond acceptors (Lipinski definition) is 3. The Morgan fingerprint density at radius 3 is 2.83 bits per heavy atom. The zero-order valence-electron chi connectivity index (χ0n) is 14.4. The molecule has 1 fully saturated rings. The van der Waals surface area contributed by atoms with E-state index in [-0.39, 0.29) is 24.0 Å². The van der Waals surface area contributed by atoms with Gasteiger partial charge in [0.2, 0.25) is 0 Å². The van der Waals surface area contributed by atoms with E-state index in [0.29, 0.717) is 13.1 Å². The van der Waals surface area contributed by atoms with E-state index in [0.717, 1.165) is 18.4 Å². The molecule has 0 saturated carbocycles. The topological polar surface area (TPSA) is 41.6 Å². The van der Waals surface area contributed by atoms with E-state index in [2.05, 4.69) is 12.2 Å². The number of halogens is 1. The molecule has 1 heterocycles. The first-order valence-electron chi connectivity index (χ1n) is 8.28. The third-order valence-electron chi connectivity index (χ3n) is 3.94. The fourth-order valence-electron chi connectivity index (χ4n) is 2.85. The van der Waals surface area contributed by atoms with Gasteiger partial charge >= 0.3 is 6.09 Å². The van der Waals surface area contributed by atoms with Gasteiger partial charge in [0.1, 0.15) is 11.4 Å². The van der Waals surface area contributed by atoms with E-state index >= 15 is 0 Å². The van der Waals surface area contributed by atoms with Crippen LogP contribution in [0.15, 0.2) is 24.3 Å². The second kappa shape index (κ2) is 7.30. The van der Waals surface area contributed by atoms with Crippen molar-refractivity contribution in [2.75, 3.05) is 13.1 Å². The van der Waals surface area contributed by atoms with Crippen molar-refractivity contribution in [3.05, 3.63) is 35.6 Å². The Kier molecular flexibility index (Phi) is 5.63. The standard InChI is InChI=1S/C18H27FN2O2/c1-5-16(13-7-6-8-14(19)11-13)20-15-9-10-21(12-15)17(22)23-18(2,3)4/h6-8,11,15-16,20H,5,9-10,12H2,1-4H3. The fourth-order valence-corrected chi connectivity index (χ4v) is 2.85. The van der Waals surface area contributed by atoms with Gasteiger partial charge in [0, 0.05) is 25.2 Å². The number of carbonyl (C=O) groups excluding carboxylic acids is 1. The number of nitrogens with one attached hydrogen (secondary N) is 1. The van der Waals surface area contributed by atoms with Crippen LogP contribution in [-0.4, -0.2) is 35.7 Å². The third-order valence-corrected chi connectivity index (χ3v) is 3.94. The Morgan fingerprint density at radius 2 is 2.22 bits per heavy atom. The molecular weight excluding hydrogens is 295 g/mol. The number of nitrogens with zero attached hydrogens (tertiary/aromatic N) is 1. The minimum absolute atomic E-state index is 0.0919. The van der Waals surface area contributed by atoms with Gasteiger partial charge in [0.05, 0.1) is 0 Å². The number of benzene rings is 1. The quantitative estimate of drug-likeness (QED) is 0.915. The molecule has 0 aliphatic carbocycles. The first kappa shape index (κ1) is 17.7. The highest BCUT2D eigenvalue weighted by molar-refractivity contribution is 5.68. The molecule has 1 aromatic carbocycles. The first-order valence-corrected chi connectivity index (χ1v) is 8.28. The minimum Gasteiger partial charge on any atom is -0.444 e. The molecule has 2 unspecified atom stereocenters. The molecule has 5 heteroatoms. The summed E-state index contributed by atoms with van der Waals surface area (Å²) in [6, 6.07) is 6.99. The third kappa shape index (κ3) is 5.20. The van der Waals surface area contributed by atoms with E-state index in [1.165, 1.54) is 6.07 Å². The lowest BCUT2D eigenvalue weighted by atomic mass is 10.0. The van der Waals surface area contributed by atoms with Crippen LogP contribution in [0.2, 0.25) is 0 Å². The normalized spacial score (nSPS) is 19.7. The van der Waals surface area contributed by atoms with Gasteiger partial charge in [0.15, 0.2) is 0 Å². The minimum atomic E-state index is -0.476. The van der Waals surface area contributed by atoms with Crippen LogP contribution in [-0.2, 0) is 4.74 Å². The van der Waals surface area contributed by atoms with Gasteiger partial charge in [-0.25, -0.2) is 9.18 Å². The van der Waals surface area contributed by atoms with Crippen molar-refractivity contribution in [3.63, 3.8) is 0 Å². The number of carbonyl (C=O) groups is 1. The second-order valence-electron chi connectivity index (χ2n) is 7.09. The molecule has 4 nitrogen and oxygen atoms in total. The summed E-state index contributed by atoms with van der Waals surface area (Å²) in [7, 11) is 0. The molecule has 1 aromatic rings. The van der Waals surface area contributed by atoms with Gasteiger partial charge in [-0.3, -0.25) is 0 Å². The summed E-state index contributed by atoms with van der Waals surface area (Å²) >= 11 is 0. The van der Waals surface area contributed by atoms with E-state index in [1.807, 2.05) is 26.8 Å². The summed E-state index contributed by atoms with van der Waals surface area (Å²) < 4.78 is 18.8. The fraction of sp³-hybridized carbons (Fsp3) is 0.611. The van der Waals surface area contributed by atoms with Crippen molar-refractivity contribution in [2.45, 2.75) is 58.2 Å². The van der Waals surface area contributed by atoms with Crippen LogP contribution < -0.4 is 5.32 Å². The summed E-state index contributed by atoms with van der Waals surface area (Å²) in [5.74, 6) is -0.218. The molecule has 2 atom stereocenters. The highest BCUT2D eigenvalue weighted by atomic mass is 19.1. The predicted molar refractivity (Wildman–Crippen MR) is 88.8 cm³/mol. The number of rotatable bonds is 4. The number of hydrogen-bond donors (Lipinski definition) is 1. The summed E-state index contributed by atoms with van der Waals surface area (Å²) in [5.41, 5.74) is 0.471. The molecule has 128 valence electrons. The summed E-state index contributed by atoms with van der Waals surface area (Å²) in [5, 5.41) is 3.54. The van der Waals surface area contributed by atoms with Crippen LogP contribution in [0.4, 0.5) is 9.18 Å². The van der Waals surface area contributed by atoms with Gasteiger partial charge in [-0.1, -0.05) is 19.1 Å². The van der Waals surface area contributed by atoms with Crippen molar-refractivity contribution < 1.29 is 13.9 Å². The Balaban J connectivity index is 1.92. The number of amides is 1. The maximum atomic E-state index is 13.4. The lowest BCUT2D eigenvalue weighted by Gasteiger charge is -2.25. The molecule has 2 rings (SSSR count). The van der Waals surface area contributed by atoms with Crippen molar-refractivity contribution in [1.82, 2.24) is 10.2 Å². The SMILES string of the molecule is CCC(NC1CCN(C(=O)OC(C)(C)C)C1)c1cccc(F)c1. The van der Waals surface area contributed by atoms with Crippen molar-refractivity contribution >= 4 is 6.09 Å². The molecule has 23 heavy (non-hydrogen) atoms. The lowest BCUT2D eigenvalue weighted by molar-refractivity contribution is 0.0290. The zero-order chi connectivity index (χ0) is 17.0. The smallest absolute Gasteiger partial charge is 0.410 e. The maximum Gasteiger partial charge on any atom is 0.410 e. The predicted octanol–water partition coefficient (Wildman–Crippen LogP) is 3.88. The summed E-state index contributed by atoms with van der Waals surface area (Å²) in [6.45, 7) is 8.99. The van der Waals surface area contributed by atoms with Crippen LogP contribution in [0.1, 0.15) is 52.1 Å². The lowest BCUT2D eigenvalue weighted by Crippen LogP contribution is -2.39. The van der Waals surface area contributed by atoms with E-state index < -0.39 is 5.60 Å². The maximum absolute atomic E-state index is 13.4. The molecule has 0 aromatic heterocycles. The largest absolute Gasteiger partial charge is 0.444 e. The molecule has 1 amide bonds. The monoisotopic (exact) mass is 322 g/mol. The Labute approximate surface area is 138 Å². The molecule has 0 radical (unpaired) electrons. The van der Waals surface area contributed by atoms with Crippen molar-refractivity contribution in [1.29, 1.82) is 0 Å². The Morgan fingerprint density at radius 1 is 1.48 bits per heavy atom. The highest BCUT2D eigenvalue weighted by Crippen LogP contribution is 2.22. The molecule has 1 N–H and O–H groups in total. The van der Waals surface area contributed by atoms with Crippen molar-refractivity contribution in [2.24, 2.45) is 0 Å². The second-order valence-corrected chi connectivity index (χ2v) is 7.09. The van der Waals surface area contributed by atoms with E-state index in [1.54, 1.807) is 17.0 Å². The van der Waals surface area contributed by atoms with Crippen LogP contribution >= 0.6 is 0 Å². The summed E-state index contributed by atoms with van der Waals surface area (Å²) in [6.07, 6.45) is 1.48. The Bertz CT molecular complexity index is 542. The van der Waals surface area contributed by atoms with E-state index in [4.69, 9.17) is 4.74 Å². The van der Waals surface area contributed by atoms with Crippen molar-refractivity contribution in [3.8, 4) is 0 Å².